The van der Waals surface area contributed by atoms with Gasteiger partial charge in [-0.3, -0.25) is 9.59 Å². The van der Waals surface area contributed by atoms with Gasteiger partial charge in [0.15, 0.2) is 0 Å². The van der Waals surface area contributed by atoms with Gasteiger partial charge >= 0.3 is 0 Å². The number of aromatic nitrogens is 1. The van der Waals surface area contributed by atoms with E-state index in [2.05, 4.69) is 4.98 Å². The normalized spacial score (nSPS) is 11.9. The number of rotatable bonds is 8. The molecule has 148 valence electrons. The number of unbranched alkanes of at least 4 members (excludes halogenated alkanes) is 1. The third kappa shape index (κ3) is 4.39. The van der Waals surface area contributed by atoms with Crippen LogP contribution in [0, 0.1) is 0 Å². The lowest BCUT2D eigenvalue weighted by atomic mass is 10.1. The first-order valence-corrected chi connectivity index (χ1v) is 10.6. The van der Waals surface area contributed by atoms with Crippen molar-refractivity contribution in [2.45, 2.75) is 38.5 Å². The highest BCUT2D eigenvalue weighted by molar-refractivity contribution is 7.89. The van der Waals surface area contributed by atoms with Crippen LogP contribution in [0.25, 0.3) is 10.9 Å². The molecule has 8 heteroatoms. The molecule has 0 atom stereocenters. The Hall–Kier alpha value is -2.19. The topological polar surface area (TPSA) is 90.5 Å². The highest BCUT2D eigenvalue weighted by atomic mass is 32.2. The summed E-state index contributed by atoms with van der Waals surface area (Å²) in [4.78, 5) is 29.1. The molecule has 0 saturated heterocycles. The molecule has 1 amide bonds. The van der Waals surface area contributed by atoms with E-state index < -0.39 is 15.6 Å². The molecule has 0 aliphatic rings. The lowest BCUT2D eigenvalue weighted by Crippen LogP contribution is -2.31. The van der Waals surface area contributed by atoms with E-state index in [1.54, 1.807) is 25.8 Å². The first kappa shape index (κ1) is 21.1. The summed E-state index contributed by atoms with van der Waals surface area (Å²) in [7, 11) is -1.98. The van der Waals surface area contributed by atoms with Gasteiger partial charge in [-0.2, -0.15) is 4.31 Å². The summed E-state index contributed by atoms with van der Waals surface area (Å²) in [6.45, 7) is 6.86. The first-order valence-electron chi connectivity index (χ1n) is 9.18. The van der Waals surface area contributed by atoms with Gasteiger partial charge in [0.2, 0.25) is 15.6 Å². The summed E-state index contributed by atoms with van der Waals surface area (Å²) >= 11 is 0. The fourth-order valence-electron chi connectivity index (χ4n) is 2.99. The second-order valence-electron chi connectivity index (χ2n) is 6.42. The molecular weight excluding hydrogens is 366 g/mol. The summed E-state index contributed by atoms with van der Waals surface area (Å²) < 4.78 is 27.0. The number of carbonyl (C=O) groups is 1. The second kappa shape index (κ2) is 8.67. The number of hydrogen-bond acceptors (Lipinski definition) is 4. The quantitative estimate of drug-likeness (QED) is 0.746. The fraction of sp³-hybridized carbons (Fsp3) is 0.474. The van der Waals surface area contributed by atoms with Crippen molar-refractivity contribution in [3.63, 3.8) is 0 Å². The SMILES string of the molecule is CCCCN(C)C(=O)c1cc(=O)[nH]c2ccc(S(=O)(=O)N(CC)CC)cc12. The van der Waals surface area contributed by atoms with Gasteiger partial charge in [-0.25, -0.2) is 8.42 Å². The summed E-state index contributed by atoms with van der Waals surface area (Å²) in [5.41, 5.74) is 0.256. The van der Waals surface area contributed by atoms with E-state index in [4.69, 9.17) is 0 Å². The summed E-state index contributed by atoms with van der Waals surface area (Å²) in [6, 6.07) is 5.71. The smallest absolute Gasteiger partial charge is 0.254 e. The van der Waals surface area contributed by atoms with Crippen molar-refractivity contribution in [2.24, 2.45) is 0 Å². The van der Waals surface area contributed by atoms with Gasteiger partial charge in [-0.15, -0.1) is 0 Å². The maximum Gasteiger partial charge on any atom is 0.254 e. The number of sulfonamides is 1. The van der Waals surface area contributed by atoms with Crippen molar-refractivity contribution >= 4 is 26.8 Å². The zero-order valence-electron chi connectivity index (χ0n) is 16.3. The lowest BCUT2D eigenvalue weighted by molar-refractivity contribution is 0.0795. The van der Waals surface area contributed by atoms with Crippen LogP contribution < -0.4 is 5.56 Å². The Balaban J connectivity index is 2.62. The Labute approximate surface area is 160 Å². The number of pyridine rings is 1. The maximum absolute atomic E-state index is 12.8. The number of H-pyrrole nitrogens is 1. The highest BCUT2D eigenvalue weighted by Gasteiger charge is 2.23. The number of amides is 1. The van der Waals surface area contributed by atoms with Crippen molar-refractivity contribution in [3.8, 4) is 0 Å². The van der Waals surface area contributed by atoms with E-state index in [0.29, 0.717) is 30.5 Å². The van der Waals surface area contributed by atoms with Crippen LogP contribution >= 0.6 is 0 Å². The van der Waals surface area contributed by atoms with Crippen LogP contribution in [-0.2, 0) is 10.0 Å². The molecule has 0 bridgehead atoms. The number of benzene rings is 1. The molecular formula is C19H27N3O4S. The van der Waals surface area contributed by atoms with Crippen molar-refractivity contribution in [2.75, 3.05) is 26.7 Å². The molecule has 2 rings (SSSR count). The van der Waals surface area contributed by atoms with Gasteiger partial charge in [0.1, 0.15) is 0 Å². The van der Waals surface area contributed by atoms with Crippen LogP contribution in [0.3, 0.4) is 0 Å². The zero-order chi connectivity index (χ0) is 20.2. The van der Waals surface area contributed by atoms with E-state index in [0.717, 1.165) is 12.8 Å². The van der Waals surface area contributed by atoms with Crippen molar-refractivity contribution in [1.29, 1.82) is 0 Å². The molecule has 2 aromatic rings. The van der Waals surface area contributed by atoms with E-state index >= 15 is 0 Å². The summed E-state index contributed by atoms with van der Waals surface area (Å²) in [5, 5.41) is 0.427. The van der Waals surface area contributed by atoms with E-state index in [1.165, 1.54) is 28.6 Å². The molecule has 0 unspecified atom stereocenters. The minimum absolute atomic E-state index is 0.107. The predicted octanol–water partition coefficient (Wildman–Crippen LogP) is 2.43. The molecule has 7 nitrogen and oxygen atoms in total. The third-order valence-electron chi connectivity index (χ3n) is 4.58. The maximum atomic E-state index is 12.8. The predicted molar refractivity (Wildman–Crippen MR) is 107 cm³/mol. The lowest BCUT2D eigenvalue weighted by Gasteiger charge is -2.20. The number of hydrogen-bond donors (Lipinski definition) is 1. The van der Waals surface area contributed by atoms with Gasteiger partial charge in [0.25, 0.3) is 5.91 Å². The summed E-state index contributed by atoms with van der Waals surface area (Å²) in [5.74, 6) is -0.295. The molecule has 1 aromatic carbocycles. The third-order valence-corrected chi connectivity index (χ3v) is 6.63. The van der Waals surface area contributed by atoms with Crippen molar-refractivity contribution in [3.05, 3.63) is 40.2 Å². The Morgan fingerprint density at radius 3 is 2.37 bits per heavy atom. The van der Waals surface area contributed by atoms with E-state index in [9.17, 15) is 18.0 Å². The van der Waals surface area contributed by atoms with Gasteiger partial charge < -0.3 is 9.88 Å². The molecule has 0 aliphatic heterocycles. The minimum Gasteiger partial charge on any atom is -0.342 e. The number of nitrogens with one attached hydrogen (secondary N) is 1. The molecule has 1 aromatic heterocycles. The monoisotopic (exact) mass is 393 g/mol. The van der Waals surface area contributed by atoms with Crippen LogP contribution in [0.15, 0.2) is 34.0 Å². The standard InChI is InChI=1S/C19H27N3O4S/c1-5-8-11-21(4)19(24)16-13-18(23)20-17-10-9-14(12-15(16)17)27(25,26)22(6-2)7-3/h9-10,12-13H,5-8,11H2,1-4H3,(H,20,23). The molecule has 0 aliphatic carbocycles. The number of aromatic amines is 1. The van der Waals surface area contributed by atoms with Gasteiger partial charge in [-0.05, 0) is 24.6 Å². The van der Waals surface area contributed by atoms with Crippen LogP contribution in [0.4, 0.5) is 0 Å². The molecule has 0 radical (unpaired) electrons. The largest absolute Gasteiger partial charge is 0.342 e. The van der Waals surface area contributed by atoms with Crippen molar-refractivity contribution < 1.29 is 13.2 Å². The zero-order valence-corrected chi connectivity index (χ0v) is 17.1. The first-order chi connectivity index (χ1) is 12.8. The van der Waals surface area contributed by atoms with Gasteiger partial charge in [0, 0.05) is 43.7 Å². The summed E-state index contributed by atoms with van der Waals surface area (Å²) in [6.07, 6.45) is 1.80. The number of carbonyl (C=O) groups excluding carboxylic acids is 1. The average Bonchev–Trinajstić information content (AvgIpc) is 2.65. The molecule has 27 heavy (non-hydrogen) atoms. The van der Waals surface area contributed by atoms with Crippen LogP contribution in [0.5, 0.6) is 0 Å². The Morgan fingerprint density at radius 1 is 1.11 bits per heavy atom. The average molecular weight is 394 g/mol. The Morgan fingerprint density at radius 2 is 1.78 bits per heavy atom. The molecule has 0 spiro atoms. The van der Waals surface area contributed by atoms with E-state index in [1.807, 2.05) is 6.92 Å². The number of nitrogens with zero attached hydrogens (tertiary/aromatic N) is 2. The minimum atomic E-state index is -3.66. The van der Waals surface area contributed by atoms with Crippen molar-refractivity contribution in [1.82, 2.24) is 14.2 Å². The molecule has 1 N–H and O–H groups in total. The van der Waals surface area contributed by atoms with Gasteiger partial charge in [0.05, 0.1) is 10.5 Å². The van der Waals surface area contributed by atoms with Gasteiger partial charge in [-0.1, -0.05) is 27.2 Å². The van der Waals surface area contributed by atoms with Crippen LogP contribution in [0.1, 0.15) is 44.0 Å². The fourth-order valence-corrected chi connectivity index (χ4v) is 4.47. The number of fused-ring (bicyclic) bond motifs is 1. The molecule has 0 saturated carbocycles. The Bertz CT molecular complexity index is 978. The van der Waals surface area contributed by atoms with Crippen LogP contribution in [-0.4, -0.2) is 55.2 Å². The molecule has 1 heterocycles. The second-order valence-corrected chi connectivity index (χ2v) is 8.36. The molecule has 0 fully saturated rings. The van der Waals surface area contributed by atoms with E-state index in [-0.39, 0.29) is 16.4 Å². The highest BCUT2D eigenvalue weighted by Crippen LogP contribution is 2.23. The Kier molecular flexibility index (Phi) is 6.78. The van der Waals surface area contributed by atoms with Crippen LogP contribution in [0.2, 0.25) is 0 Å².